The van der Waals surface area contributed by atoms with Crippen molar-refractivity contribution < 1.29 is 0 Å². The van der Waals surface area contributed by atoms with Crippen molar-refractivity contribution in [2.24, 2.45) is 5.84 Å². The first kappa shape index (κ1) is 11.7. The van der Waals surface area contributed by atoms with Crippen LogP contribution >= 0.6 is 27.5 Å². The Morgan fingerprint density at radius 1 is 1.64 bits per heavy atom. The van der Waals surface area contributed by atoms with Gasteiger partial charge in [0.1, 0.15) is 0 Å². The monoisotopic (exact) mass is 274 g/mol. The number of hydrazine groups is 1. The molecule has 1 unspecified atom stereocenters. The van der Waals surface area contributed by atoms with E-state index >= 15 is 0 Å². The molecule has 4 heteroatoms. The normalized spacial score (nSPS) is 12.5. The zero-order chi connectivity index (χ0) is 10.6. The van der Waals surface area contributed by atoms with Gasteiger partial charge in [0.25, 0.3) is 0 Å². The molecule has 0 aliphatic rings. The molecule has 0 aliphatic carbocycles. The van der Waals surface area contributed by atoms with Crippen molar-refractivity contribution in [3.63, 3.8) is 0 Å². The van der Waals surface area contributed by atoms with Crippen LogP contribution in [0.4, 0.5) is 0 Å². The summed E-state index contributed by atoms with van der Waals surface area (Å²) < 4.78 is 0.987. The molecule has 0 aliphatic heterocycles. The highest BCUT2D eigenvalue weighted by Crippen LogP contribution is 2.27. The Labute approximate surface area is 97.2 Å². The molecule has 14 heavy (non-hydrogen) atoms. The van der Waals surface area contributed by atoms with Crippen molar-refractivity contribution in [3.8, 4) is 0 Å². The molecule has 0 bridgehead atoms. The Balaban J connectivity index is 3.01. The Kier molecular flexibility index (Phi) is 4.62. The summed E-state index contributed by atoms with van der Waals surface area (Å²) in [7, 11) is 0. The topological polar surface area (TPSA) is 38.0 Å². The number of hydrogen-bond acceptors (Lipinski definition) is 2. The van der Waals surface area contributed by atoms with Crippen molar-refractivity contribution in [3.05, 3.63) is 45.9 Å². The molecule has 0 heterocycles. The van der Waals surface area contributed by atoms with E-state index < -0.39 is 0 Å². The van der Waals surface area contributed by atoms with Gasteiger partial charge in [0, 0.05) is 9.50 Å². The van der Waals surface area contributed by atoms with Gasteiger partial charge in [0.05, 0.1) is 6.04 Å². The Hall–Kier alpha value is -0.350. The lowest BCUT2D eigenvalue weighted by Gasteiger charge is -2.15. The zero-order valence-electron chi connectivity index (χ0n) is 7.63. The first-order valence-electron chi connectivity index (χ1n) is 4.21. The number of halogens is 2. The average molecular weight is 276 g/mol. The molecule has 0 amide bonds. The predicted molar refractivity (Wildman–Crippen MR) is 64.0 cm³/mol. The SMILES string of the molecule is C=CCC(NN)c1cc(Br)ccc1Cl. The van der Waals surface area contributed by atoms with E-state index in [9.17, 15) is 0 Å². The molecule has 0 radical (unpaired) electrons. The fraction of sp³-hybridized carbons (Fsp3) is 0.200. The number of benzene rings is 1. The highest BCUT2D eigenvalue weighted by atomic mass is 79.9. The van der Waals surface area contributed by atoms with Crippen LogP contribution in [0, 0.1) is 0 Å². The van der Waals surface area contributed by atoms with E-state index in [1.165, 1.54) is 0 Å². The molecule has 0 aromatic heterocycles. The van der Waals surface area contributed by atoms with E-state index in [4.69, 9.17) is 17.4 Å². The van der Waals surface area contributed by atoms with Crippen molar-refractivity contribution in [2.45, 2.75) is 12.5 Å². The first-order chi connectivity index (χ1) is 6.69. The number of rotatable bonds is 4. The van der Waals surface area contributed by atoms with Gasteiger partial charge in [0.15, 0.2) is 0 Å². The minimum absolute atomic E-state index is 0.0116. The summed E-state index contributed by atoms with van der Waals surface area (Å²) in [6.45, 7) is 3.68. The third-order valence-electron chi connectivity index (χ3n) is 1.94. The molecule has 1 rings (SSSR count). The van der Waals surface area contributed by atoms with Gasteiger partial charge in [-0.05, 0) is 30.2 Å². The van der Waals surface area contributed by atoms with Crippen LogP contribution in [0.5, 0.6) is 0 Å². The van der Waals surface area contributed by atoms with Crippen LogP contribution in [0.25, 0.3) is 0 Å². The lowest BCUT2D eigenvalue weighted by atomic mass is 10.0. The smallest absolute Gasteiger partial charge is 0.0509 e. The summed E-state index contributed by atoms with van der Waals surface area (Å²) in [4.78, 5) is 0. The fourth-order valence-electron chi connectivity index (χ4n) is 1.23. The summed E-state index contributed by atoms with van der Waals surface area (Å²) >= 11 is 9.45. The Bertz CT molecular complexity index is 328. The molecular weight excluding hydrogens is 263 g/mol. The maximum Gasteiger partial charge on any atom is 0.0509 e. The molecule has 0 spiro atoms. The molecular formula is C10H12BrClN2. The summed E-state index contributed by atoms with van der Waals surface area (Å²) in [6, 6.07) is 5.70. The van der Waals surface area contributed by atoms with Gasteiger partial charge in [-0.1, -0.05) is 33.6 Å². The van der Waals surface area contributed by atoms with E-state index in [0.29, 0.717) is 5.02 Å². The van der Waals surface area contributed by atoms with Gasteiger partial charge < -0.3 is 0 Å². The van der Waals surface area contributed by atoms with E-state index in [1.54, 1.807) is 0 Å². The van der Waals surface area contributed by atoms with Gasteiger partial charge in [-0.3, -0.25) is 11.3 Å². The zero-order valence-corrected chi connectivity index (χ0v) is 9.98. The predicted octanol–water partition coefficient (Wildman–Crippen LogP) is 3.18. The second-order valence-electron chi connectivity index (χ2n) is 2.91. The van der Waals surface area contributed by atoms with Crippen LogP contribution in [-0.4, -0.2) is 0 Å². The molecule has 0 saturated carbocycles. The Morgan fingerprint density at radius 2 is 2.36 bits per heavy atom. The van der Waals surface area contributed by atoms with Crippen LogP contribution in [0.1, 0.15) is 18.0 Å². The van der Waals surface area contributed by atoms with Gasteiger partial charge in [-0.25, -0.2) is 0 Å². The van der Waals surface area contributed by atoms with Crippen molar-refractivity contribution in [1.29, 1.82) is 0 Å². The highest BCUT2D eigenvalue weighted by molar-refractivity contribution is 9.10. The van der Waals surface area contributed by atoms with E-state index in [-0.39, 0.29) is 6.04 Å². The van der Waals surface area contributed by atoms with Crippen molar-refractivity contribution in [2.75, 3.05) is 0 Å². The molecule has 3 N–H and O–H groups in total. The van der Waals surface area contributed by atoms with Gasteiger partial charge in [0.2, 0.25) is 0 Å². The maximum atomic E-state index is 6.05. The quantitative estimate of drug-likeness (QED) is 0.503. The third kappa shape index (κ3) is 2.82. The summed E-state index contributed by atoms with van der Waals surface area (Å²) in [5.74, 6) is 5.44. The molecule has 1 aromatic carbocycles. The van der Waals surface area contributed by atoms with E-state index in [1.807, 2.05) is 24.3 Å². The van der Waals surface area contributed by atoms with Crippen LogP contribution < -0.4 is 11.3 Å². The van der Waals surface area contributed by atoms with E-state index in [2.05, 4.69) is 27.9 Å². The summed E-state index contributed by atoms with van der Waals surface area (Å²) in [5.41, 5.74) is 3.69. The van der Waals surface area contributed by atoms with Gasteiger partial charge in [-0.15, -0.1) is 6.58 Å². The first-order valence-corrected chi connectivity index (χ1v) is 5.38. The number of nitrogens with one attached hydrogen (secondary N) is 1. The van der Waals surface area contributed by atoms with Gasteiger partial charge in [-0.2, -0.15) is 0 Å². The number of nitrogens with two attached hydrogens (primary N) is 1. The molecule has 0 fully saturated rings. The second kappa shape index (κ2) is 5.51. The minimum Gasteiger partial charge on any atom is -0.271 e. The fourth-order valence-corrected chi connectivity index (χ4v) is 1.86. The molecule has 2 nitrogen and oxygen atoms in total. The second-order valence-corrected chi connectivity index (χ2v) is 4.23. The van der Waals surface area contributed by atoms with Crippen LogP contribution in [0.3, 0.4) is 0 Å². The number of hydrogen-bond donors (Lipinski definition) is 2. The van der Waals surface area contributed by atoms with Crippen molar-refractivity contribution in [1.82, 2.24) is 5.43 Å². The van der Waals surface area contributed by atoms with Crippen LogP contribution in [0.2, 0.25) is 5.02 Å². The molecule has 1 atom stereocenters. The van der Waals surface area contributed by atoms with Crippen LogP contribution in [0.15, 0.2) is 35.3 Å². The lowest BCUT2D eigenvalue weighted by Crippen LogP contribution is -2.27. The molecule has 0 saturated heterocycles. The molecule has 1 aromatic rings. The average Bonchev–Trinajstić information content (AvgIpc) is 2.18. The highest BCUT2D eigenvalue weighted by Gasteiger charge is 2.11. The Morgan fingerprint density at radius 3 is 2.93 bits per heavy atom. The summed E-state index contributed by atoms with van der Waals surface area (Å²) in [6.07, 6.45) is 2.55. The third-order valence-corrected chi connectivity index (χ3v) is 2.77. The maximum absolute atomic E-state index is 6.05. The van der Waals surface area contributed by atoms with E-state index in [0.717, 1.165) is 16.5 Å². The van der Waals surface area contributed by atoms with Gasteiger partial charge >= 0.3 is 0 Å². The molecule has 76 valence electrons. The van der Waals surface area contributed by atoms with Crippen LogP contribution in [-0.2, 0) is 0 Å². The largest absolute Gasteiger partial charge is 0.271 e. The standard InChI is InChI=1S/C10H12BrClN2/c1-2-3-10(14-13)8-6-7(11)4-5-9(8)12/h2,4-6,10,14H,1,3,13H2. The lowest BCUT2D eigenvalue weighted by molar-refractivity contribution is 0.561. The summed E-state index contributed by atoms with van der Waals surface area (Å²) in [5, 5.41) is 0.706. The minimum atomic E-state index is 0.0116. The van der Waals surface area contributed by atoms with Crippen molar-refractivity contribution >= 4 is 27.5 Å².